The maximum absolute atomic E-state index is 9.96. The number of allylic oxidation sites excluding steroid dienone is 8. The first-order chi connectivity index (χ1) is 30.1. The van der Waals surface area contributed by atoms with E-state index in [-0.39, 0.29) is 5.60 Å². The van der Waals surface area contributed by atoms with Crippen molar-refractivity contribution in [2.45, 2.75) is 229 Å². The molecular weight excluding hydrogens is 1360 g/mol. The van der Waals surface area contributed by atoms with Gasteiger partial charge in [0, 0.05) is 5.33 Å². The maximum atomic E-state index is 9.96. The summed E-state index contributed by atoms with van der Waals surface area (Å²) in [6.45, 7) is 63.9. The van der Waals surface area contributed by atoms with Crippen LogP contribution in [0.15, 0.2) is 60.3 Å². The third kappa shape index (κ3) is 134. The van der Waals surface area contributed by atoms with Gasteiger partial charge in [0.25, 0.3) is 0 Å². The van der Waals surface area contributed by atoms with E-state index in [9.17, 15) is 4.39 Å². The van der Waals surface area contributed by atoms with Crippen molar-refractivity contribution >= 4 is 92.2 Å². The fourth-order valence-corrected chi connectivity index (χ4v) is 5.71. The first-order valence-electron chi connectivity index (χ1n) is 24.6. The zero-order chi connectivity index (χ0) is 57.0. The van der Waals surface area contributed by atoms with Gasteiger partial charge in [-0.25, -0.2) is 0 Å². The van der Waals surface area contributed by atoms with Crippen LogP contribution in [-0.2, 0) is 26.8 Å². The Labute approximate surface area is 474 Å². The minimum atomic E-state index is -5.47. The number of epoxide rings is 1. The molecule has 1 unspecified atom stereocenters. The van der Waals surface area contributed by atoms with Crippen molar-refractivity contribution in [2.75, 3.05) is 12.5 Å². The number of hydrogen-bond donors (Lipinski definition) is 0. The van der Waals surface area contributed by atoms with Crippen molar-refractivity contribution < 1.29 is 32.6 Å². The Kier molecular flexibility index (Phi) is 62.6. The van der Waals surface area contributed by atoms with Gasteiger partial charge in [-0.3, -0.25) is 4.39 Å². The summed E-state index contributed by atoms with van der Waals surface area (Å²) in [5.74, 6) is 4.65. The zero-order valence-electron chi connectivity index (χ0n) is 49.0. The van der Waals surface area contributed by atoms with E-state index >= 15 is 0 Å². The molecule has 1 rings (SSSR count). The van der Waals surface area contributed by atoms with Crippen molar-refractivity contribution in [1.29, 1.82) is 0 Å². The molecule has 0 spiro atoms. The second kappa shape index (κ2) is 48.5. The molecule has 1 aliphatic rings. The van der Waals surface area contributed by atoms with E-state index in [1.165, 1.54) is 82.9 Å². The molecule has 0 radical (unpaired) electrons. The normalized spacial score (nSPS) is 14.3. The van der Waals surface area contributed by atoms with Crippen LogP contribution >= 0.6 is 92.2 Å². The number of alkyl halides is 2. The Morgan fingerprint density at radius 1 is 0.672 bits per heavy atom. The molecule has 1 aliphatic heterocycles. The van der Waals surface area contributed by atoms with Crippen LogP contribution < -0.4 is 0 Å². The van der Waals surface area contributed by atoms with Crippen LogP contribution in [0.5, 0.6) is 0 Å². The molecule has 1 heterocycles. The number of rotatable bonds is 16. The Balaban J connectivity index is -0.0000000832. The van der Waals surface area contributed by atoms with E-state index < -0.39 is 14.5 Å². The summed E-state index contributed by atoms with van der Waals surface area (Å²) in [6, 6.07) is 0. The summed E-state index contributed by atoms with van der Waals surface area (Å²) in [5, 5.41) is 0.981. The monoisotopic (exact) mass is 1470 g/mol. The number of halogens is 9. The molecule has 0 amide bonds. The Hall–Kier alpha value is 2.85. The van der Waals surface area contributed by atoms with Gasteiger partial charge in [-0.2, -0.15) is 5.92 Å². The van der Waals surface area contributed by atoms with Gasteiger partial charge in [-0.15, -0.1) is 13.2 Å². The van der Waals surface area contributed by atoms with E-state index in [1.807, 2.05) is 12.2 Å². The van der Waals surface area contributed by atoms with Gasteiger partial charge in [0.15, 0.2) is 0 Å². The van der Waals surface area contributed by atoms with E-state index in [0.717, 1.165) is 34.9 Å². The second-order valence-electron chi connectivity index (χ2n) is 22.0. The van der Waals surface area contributed by atoms with E-state index in [1.54, 1.807) is 0 Å². The van der Waals surface area contributed by atoms with Gasteiger partial charge in [0.1, 0.15) is 0 Å². The van der Waals surface area contributed by atoms with Crippen molar-refractivity contribution in [1.82, 2.24) is 0 Å². The summed E-state index contributed by atoms with van der Waals surface area (Å²) in [5.41, 5.74) is 5.11. The SMILES string of the molecule is C=CC(C)(C)CC(C)C.C=CC(C)(C)CC(C)C.CC(C)=CCBr.CC(C)=CCCC(C)C.CC(C)=CCCC(C)C.CC(C)CCC1OC1(C)C.[2H]CF.[CH2-]C(C)C.[Cl][W]([Cl])([Cl])([Cl])([Cl])[Cl].[Zn+][I]. The van der Waals surface area contributed by atoms with Crippen molar-refractivity contribution in [2.24, 2.45) is 46.3 Å². The zero-order valence-corrected chi connectivity index (χ0v) is 62.2. The third-order valence-electron chi connectivity index (χ3n) is 8.22. The van der Waals surface area contributed by atoms with Gasteiger partial charge < -0.3 is 11.7 Å². The fourth-order valence-electron chi connectivity index (χ4n) is 5.06. The Bertz CT molecular complexity index is 1160. The van der Waals surface area contributed by atoms with Gasteiger partial charge in [0.05, 0.1) is 20.2 Å². The van der Waals surface area contributed by atoms with Gasteiger partial charge in [-0.1, -0.05) is 174 Å². The molecule has 1 atom stereocenters. The molecule has 0 aromatic heterocycles. The number of hydrogen-bond acceptors (Lipinski definition) is 1. The van der Waals surface area contributed by atoms with Gasteiger partial charge in [-0.05, 0) is 147 Å². The molecular formula is C55H111BrCl6FIOWZn. The van der Waals surface area contributed by atoms with E-state index in [4.69, 9.17) is 62.6 Å². The molecule has 1 fully saturated rings. The molecule has 0 aromatic carbocycles. The first-order valence-corrected chi connectivity index (χ1v) is 55.9. The number of ether oxygens (including phenoxy) is 1. The quantitative estimate of drug-likeness (QED) is 0.0375. The van der Waals surface area contributed by atoms with Crippen LogP contribution in [0, 0.1) is 53.3 Å². The minimum absolute atomic E-state index is 0.203. The van der Waals surface area contributed by atoms with Crippen LogP contribution in [0.2, 0.25) is 0 Å². The van der Waals surface area contributed by atoms with Crippen LogP contribution in [0.1, 0.15) is 219 Å². The van der Waals surface area contributed by atoms with Crippen molar-refractivity contribution in [3.63, 3.8) is 0 Å². The fraction of sp³-hybridized carbons (Fsp3) is 0.800. The Morgan fingerprint density at radius 2 is 0.896 bits per heavy atom. The molecule has 408 valence electrons. The second-order valence-corrected chi connectivity index (χ2v) is 86.2. The molecule has 0 saturated carbocycles. The van der Waals surface area contributed by atoms with Crippen molar-refractivity contribution in [3.8, 4) is 0 Å². The van der Waals surface area contributed by atoms with Crippen LogP contribution in [0.4, 0.5) is 4.39 Å². The predicted molar refractivity (Wildman–Crippen MR) is 326 cm³/mol. The molecule has 0 aromatic rings. The average Bonchev–Trinajstić information content (AvgIpc) is 3.72. The molecule has 0 N–H and O–H groups in total. The van der Waals surface area contributed by atoms with Crippen molar-refractivity contribution in [3.05, 3.63) is 67.2 Å². The molecule has 0 bridgehead atoms. The van der Waals surface area contributed by atoms with E-state index in [0.29, 0.717) is 22.9 Å². The van der Waals surface area contributed by atoms with Crippen LogP contribution in [-0.4, -0.2) is 24.2 Å². The Morgan fingerprint density at radius 3 is 1.00 bits per heavy atom. The standard InChI is InChI=1S/C9H18O.4C9H18.C5H9Br.C4H9.CH3F.6ClH.HI.W.Zn/c1-7(2)5-6-8-9(3,4)10-8;2*1-8(2)6-5-7-9(3)4;2*1-6-9(4,5)7-8(2)3;1-5(2)3-4-6;1-4(2)3;1-2;;;;;;;;;/h7-8H,5-6H2,1-4H3;2*6,9H,5,7H2,1-4H3;2*6,8H,1,7H2,2-5H3;3H,4H2,1-2H3;4H,1H2,2-3H3;1H3;7*1H;;/q;;;;;;-1;;;;;;;;;+6;+2/p-7/i;;;;;;;1D;;;;;;;;;. The van der Waals surface area contributed by atoms with Gasteiger partial charge >= 0.3 is 98.4 Å². The van der Waals surface area contributed by atoms with Crippen LogP contribution in [0.25, 0.3) is 0 Å². The van der Waals surface area contributed by atoms with E-state index in [2.05, 4.69) is 240 Å². The molecule has 1 saturated heterocycles. The summed E-state index contributed by atoms with van der Waals surface area (Å²) in [6.07, 6.45) is 21.5. The summed E-state index contributed by atoms with van der Waals surface area (Å²) in [7, 11) is 23.9. The topological polar surface area (TPSA) is 12.5 Å². The molecule has 12 heteroatoms. The molecule has 0 aliphatic carbocycles. The summed E-state index contributed by atoms with van der Waals surface area (Å²) < 4.78 is 21.0. The summed E-state index contributed by atoms with van der Waals surface area (Å²) >= 11 is 6.89. The van der Waals surface area contributed by atoms with Crippen LogP contribution in [0.3, 0.4) is 0 Å². The average molecular weight is 1480 g/mol. The molecule has 67 heavy (non-hydrogen) atoms. The molecule has 1 nitrogen and oxygen atoms in total. The first kappa shape index (κ1) is 86.6. The summed E-state index contributed by atoms with van der Waals surface area (Å²) in [4.78, 5) is 0. The predicted octanol–water partition coefficient (Wildman–Crippen LogP) is 25.3. The third-order valence-corrected chi connectivity index (χ3v) is 8.55. The van der Waals surface area contributed by atoms with Gasteiger partial charge in [0.2, 0.25) is 0 Å².